The van der Waals surface area contributed by atoms with Crippen molar-refractivity contribution >= 4 is 15.9 Å². The normalized spacial score (nSPS) is 10.2. The quantitative estimate of drug-likeness (QED) is 0.845. The average Bonchev–Trinajstić information content (AvgIpc) is 2.03. The highest BCUT2D eigenvalue weighted by Crippen LogP contribution is 2.16. The van der Waals surface area contributed by atoms with Gasteiger partial charge >= 0.3 is 0 Å². The van der Waals surface area contributed by atoms with Crippen LogP contribution in [0.15, 0.2) is 22.7 Å². The highest BCUT2D eigenvalue weighted by Gasteiger charge is 1.97. The Labute approximate surface area is 82.1 Å². The van der Waals surface area contributed by atoms with E-state index >= 15 is 0 Å². The Balaban J connectivity index is 2.72. The van der Waals surface area contributed by atoms with Gasteiger partial charge in [0.05, 0.1) is 0 Å². The van der Waals surface area contributed by atoms with Crippen LogP contribution in [0.5, 0.6) is 0 Å². The van der Waals surface area contributed by atoms with Crippen molar-refractivity contribution in [2.24, 2.45) is 5.73 Å². The van der Waals surface area contributed by atoms with Crippen molar-refractivity contribution in [2.75, 3.05) is 6.54 Å². The van der Waals surface area contributed by atoms with Crippen molar-refractivity contribution in [1.29, 1.82) is 0 Å². The summed E-state index contributed by atoms with van der Waals surface area (Å²) in [5.41, 5.74) is 8.20. The Bertz CT molecular complexity index is 258. The van der Waals surface area contributed by atoms with Crippen molar-refractivity contribution in [3.63, 3.8) is 0 Å². The van der Waals surface area contributed by atoms with Gasteiger partial charge in [-0.15, -0.1) is 0 Å². The second-order valence-electron chi connectivity index (χ2n) is 2.96. The van der Waals surface area contributed by atoms with E-state index in [1.807, 2.05) is 0 Å². The molecule has 1 nitrogen and oxygen atoms in total. The fourth-order valence-electron chi connectivity index (χ4n) is 1.23. The summed E-state index contributed by atoms with van der Waals surface area (Å²) in [5.74, 6) is 0. The predicted octanol–water partition coefficient (Wildman–Crippen LogP) is 2.65. The first-order chi connectivity index (χ1) is 5.74. The number of rotatable bonds is 3. The van der Waals surface area contributed by atoms with Gasteiger partial charge in [0.1, 0.15) is 0 Å². The van der Waals surface area contributed by atoms with Crippen LogP contribution in [0.3, 0.4) is 0 Å². The molecule has 0 aliphatic heterocycles. The van der Waals surface area contributed by atoms with Gasteiger partial charge in [-0.05, 0) is 49.6 Å². The highest BCUT2D eigenvalue weighted by molar-refractivity contribution is 9.10. The molecule has 0 atom stereocenters. The fraction of sp³-hybridized carbons (Fsp3) is 0.400. The summed E-state index contributed by atoms with van der Waals surface area (Å²) >= 11 is 3.44. The molecule has 2 N–H and O–H groups in total. The smallest absolute Gasteiger partial charge is 0.0178 e. The molecule has 1 aromatic carbocycles. The number of halogens is 1. The minimum Gasteiger partial charge on any atom is -0.330 e. The zero-order chi connectivity index (χ0) is 8.97. The van der Waals surface area contributed by atoms with Gasteiger partial charge in [-0.1, -0.05) is 22.0 Å². The maximum Gasteiger partial charge on any atom is 0.0178 e. The summed E-state index contributed by atoms with van der Waals surface area (Å²) in [7, 11) is 0. The molecule has 0 aromatic heterocycles. The minimum absolute atomic E-state index is 0.773. The van der Waals surface area contributed by atoms with E-state index in [1.165, 1.54) is 11.1 Å². The van der Waals surface area contributed by atoms with Crippen LogP contribution in [0.25, 0.3) is 0 Å². The van der Waals surface area contributed by atoms with E-state index in [4.69, 9.17) is 5.73 Å². The van der Waals surface area contributed by atoms with Crippen molar-refractivity contribution < 1.29 is 0 Å². The summed E-state index contributed by atoms with van der Waals surface area (Å²) in [5, 5.41) is 0. The molecule has 0 spiro atoms. The Kier molecular flexibility index (Phi) is 3.76. The van der Waals surface area contributed by atoms with E-state index in [2.05, 4.69) is 41.1 Å². The maximum absolute atomic E-state index is 5.45. The second-order valence-corrected chi connectivity index (χ2v) is 3.88. The lowest BCUT2D eigenvalue weighted by molar-refractivity contribution is 0.828. The van der Waals surface area contributed by atoms with E-state index in [0.29, 0.717) is 0 Å². The predicted molar refractivity (Wildman–Crippen MR) is 56.3 cm³/mol. The van der Waals surface area contributed by atoms with Gasteiger partial charge in [-0.25, -0.2) is 0 Å². The number of hydrogen-bond acceptors (Lipinski definition) is 1. The molecule has 0 radical (unpaired) electrons. The van der Waals surface area contributed by atoms with Crippen LogP contribution in [0.1, 0.15) is 17.5 Å². The van der Waals surface area contributed by atoms with E-state index in [1.54, 1.807) is 0 Å². The lowest BCUT2D eigenvalue weighted by Crippen LogP contribution is -2.01. The van der Waals surface area contributed by atoms with Gasteiger partial charge in [-0.2, -0.15) is 0 Å². The van der Waals surface area contributed by atoms with Crippen LogP contribution in [-0.4, -0.2) is 6.54 Å². The van der Waals surface area contributed by atoms with Crippen LogP contribution in [0.2, 0.25) is 0 Å². The van der Waals surface area contributed by atoms with Gasteiger partial charge in [-0.3, -0.25) is 0 Å². The van der Waals surface area contributed by atoms with Crippen LogP contribution in [0.4, 0.5) is 0 Å². The lowest BCUT2D eigenvalue weighted by atomic mass is 10.0. The molecule has 0 aliphatic carbocycles. The topological polar surface area (TPSA) is 26.0 Å². The number of hydrogen-bond donors (Lipinski definition) is 1. The molecule has 0 amide bonds. The molecule has 0 saturated carbocycles. The molecule has 1 aromatic rings. The number of nitrogens with two attached hydrogens (primary N) is 1. The summed E-state index contributed by atoms with van der Waals surface area (Å²) < 4.78 is 1.15. The SMILES string of the molecule is Cc1cc(Br)ccc1CCCN. The molecule has 0 unspecified atom stereocenters. The molecule has 0 saturated heterocycles. The van der Waals surface area contributed by atoms with Gasteiger partial charge < -0.3 is 5.73 Å². The summed E-state index contributed by atoms with van der Waals surface area (Å²) in [6, 6.07) is 6.39. The first-order valence-electron chi connectivity index (χ1n) is 4.19. The molecular weight excluding hydrogens is 214 g/mol. The second kappa shape index (κ2) is 4.63. The van der Waals surface area contributed by atoms with Crippen molar-refractivity contribution in [3.8, 4) is 0 Å². The standard InChI is InChI=1S/C10H14BrN/c1-8-7-10(11)5-4-9(8)3-2-6-12/h4-5,7H,2-3,6,12H2,1H3. The molecule has 12 heavy (non-hydrogen) atoms. The Morgan fingerprint density at radius 3 is 2.75 bits per heavy atom. The van der Waals surface area contributed by atoms with Crippen LogP contribution in [0, 0.1) is 6.92 Å². The monoisotopic (exact) mass is 227 g/mol. The summed E-state index contributed by atoms with van der Waals surface area (Å²) in [4.78, 5) is 0. The van der Waals surface area contributed by atoms with Crippen molar-refractivity contribution in [3.05, 3.63) is 33.8 Å². The Morgan fingerprint density at radius 1 is 1.42 bits per heavy atom. The highest BCUT2D eigenvalue weighted by atomic mass is 79.9. The van der Waals surface area contributed by atoms with Gasteiger partial charge in [0.25, 0.3) is 0 Å². The largest absolute Gasteiger partial charge is 0.330 e. The van der Waals surface area contributed by atoms with Gasteiger partial charge in [0, 0.05) is 4.47 Å². The number of aryl methyl sites for hydroxylation is 2. The third-order valence-corrected chi connectivity index (χ3v) is 2.45. The number of benzene rings is 1. The van der Waals surface area contributed by atoms with Crippen LogP contribution < -0.4 is 5.73 Å². The zero-order valence-electron chi connectivity index (χ0n) is 7.31. The Morgan fingerprint density at radius 2 is 2.17 bits per heavy atom. The third kappa shape index (κ3) is 2.61. The van der Waals surface area contributed by atoms with E-state index in [-0.39, 0.29) is 0 Å². The molecule has 0 bridgehead atoms. The van der Waals surface area contributed by atoms with Crippen LogP contribution >= 0.6 is 15.9 Å². The van der Waals surface area contributed by atoms with Gasteiger partial charge in [0.15, 0.2) is 0 Å². The minimum atomic E-state index is 0.773. The van der Waals surface area contributed by atoms with Crippen molar-refractivity contribution in [1.82, 2.24) is 0 Å². The Hall–Kier alpha value is -0.340. The molecule has 1 rings (SSSR count). The van der Waals surface area contributed by atoms with E-state index < -0.39 is 0 Å². The maximum atomic E-state index is 5.45. The third-order valence-electron chi connectivity index (χ3n) is 1.95. The first-order valence-corrected chi connectivity index (χ1v) is 4.98. The average molecular weight is 228 g/mol. The fourth-order valence-corrected chi connectivity index (χ4v) is 1.71. The molecule has 2 heteroatoms. The summed E-state index contributed by atoms with van der Waals surface area (Å²) in [6.07, 6.45) is 2.16. The molecule has 0 heterocycles. The van der Waals surface area contributed by atoms with E-state index in [0.717, 1.165) is 23.9 Å². The molecule has 0 aliphatic rings. The molecule has 66 valence electrons. The van der Waals surface area contributed by atoms with Crippen LogP contribution in [-0.2, 0) is 6.42 Å². The zero-order valence-corrected chi connectivity index (χ0v) is 8.89. The summed E-state index contributed by atoms with van der Waals surface area (Å²) in [6.45, 7) is 2.91. The van der Waals surface area contributed by atoms with Gasteiger partial charge in [0.2, 0.25) is 0 Å². The first kappa shape index (κ1) is 9.75. The lowest BCUT2D eigenvalue weighted by Gasteiger charge is -2.04. The van der Waals surface area contributed by atoms with Crippen molar-refractivity contribution in [2.45, 2.75) is 19.8 Å². The molecule has 0 fully saturated rings. The van der Waals surface area contributed by atoms with E-state index in [9.17, 15) is 0 Å². The molecular formula is C10H14BrN.